The first-order valence-corrected chi connectivity index (χ1v) is 6.93. The van der Waals surface area contributed by atoms with Gasteiger partial charge in [-0.05, 0) is 18.2 Å². The fraction of sp³-hybridized carbons (Fsp3) is 0.0667. The number of nitrogens with two attached hydrogens (primary N) is 1. The minimum Gasteiger partial charge on any atom is -0.370 e. The fourth-order valence-electron chi connectivity index (χ4n) is 2.61. The third-order valence-electron chi connectivity index (χ3n) is 3.53. The first-order valence-electron chi connectivity index (χ1n) is 6.56. The second kappa shape index (κ2) is 4.49. The van der Waals surface area contributed by atoms with E-state index in [-0.39, 0.29) is 6.17 Å². The summed E-state index contributed by atoms with van der Waals surface area (Å²) >= 11 is 6.33. The van der Waals surface area contributed by atoms with Crippen LogP contribution < -0.4 is 11.1 Å². The van der Waals surface area contributed by atoms with Gasteiger partial charge in [-0.3, -0.25) is 9.88 Å². The SMILES string of the molecule is NC1=N[C@H](c2ccccc2Cl)n2c(nc3ccccc32)N1. The van der Waals surface area contributed by atoms with Gasteiger partial charge < -0.3 is 5.73 Å². The van der Waals surface area contributed by atoms with E-state index < -0.39 is 0 Å². The highest BCUT2D eigenvalue weighted by molar-refractivity contribution is 6.31. The molecule has 0 fully saturated rings. The van der Waals surface area contributed by atoms with Crippen molar-refractivity contribution in [2.45, 2.75) is 6.17 Å². The number of fused-ring (bicyclic) bond motifs is 3. The summed E-state index contributed by atoms with van der Waals surface area (Å²) in [4.78, 5) is 9.06. The van der Waals surface area contributed by atoms with Crippen molar-refractivity contribution in [2.75, 3.05) is 5.32 Å². The van der Waals surface area contributed by atoms with Crippen LogP contribution >= 0.6 is 11.6 Å². The molecule has 3 N–H and O–H groups in total. The molecule has 0 radical (unpaired) electrons. The Bertz CT molecular complexity index is 867. The molecule has 2 aromatic carbocycles. The van der Waals surface area contributed by atoms with Crippen LogP contribution in [0.15, 0.2) is 53.5 Å². The van der Waals surface area contributed by atoms with Crippen LogP contribution in [0.3, 0.4) is 0 Å². The second-order valence-electron chi connectivity index (χ2n) is 4.83. The Morgan fingerprint density at radius 1 is 1.10 bits per heavy atom. The molecule has 0 bridgehead atoms. The molecule has 0 saturated carbocycles. The molecule has 4 rings (SSSR count). The molecule has 1 aliphatic rings. The van der Waals surface area contributed by atoms with Gasteiger partial charge in [-0.1, -0.05) is 41.9 Å². The Hall–Kier alpha value is -2.53. The van der Waals surface area contributed by atoms with Crippen molar-refractivity contribution in [1.82, 2.24) is 9.55 Å². The molecule has 1 atom stereocenters. The average molecular weight is 298 g/mol. The summed E-state index contributed by atoms with van der Waals surface area (Å²) in [6, 6.07) is 15.5. The van der Waals surface area contributed by atoms with E-state index in [1.165, 1.54) is 0 Å². The first-order chi connectivity index (χ1) is 10.2. The van der Waals surface area contributed by atoms with Crippen LogP contribution in [0.25, 0.3) is 11.0 Å². The van der Waals surface area contributed by atoms with E-state index in [2.05, 4.69) is 15.3 Å². The third-order valence-corrected chi connectivity index (χ3v) is 3.87. The van der Waals surface area contributed by atoms with Gasteiger partial charge in [0, 0.05) is 10.6 Å². The van der Waals surface area contributed by atoms with Gasteiger partial charge in [0.2, 0.25) is 5.95 Å². The number of hydrogen-bond acceptors (Lipinski definition) is 4. The maximum Gasteiger partial charge on any atom is 0.212 e. The maximum absolute atomic E-state index is 6.33. The zero-order valence-corrected chi connectivity index (χ0v) is 11.7. The van der Waals surface area contributed by atoms with Gasteiger partial charge in [0.25, 0.3) is 0 Å². The van der Waals surface area contributed by atoms with Crippen LogP contribution in [0.1, 0.15) is 11.7 Å². The lowest BCUT2D eigenvalue weighted by Crippen LogP contribution is -2.31. The topological polar surface area (TPSA) is 68.2 Å². The highest BCUT2D eigenvalue weighted by Crippen LogP contribution is 2.34. The lowest BCUT2D eigenvalue weighted by atomic mass is 10.1. The fourth-order valence-corrected chi connectivity index (χ4v) is 2.84. The number of benzene rings is 2. The van der Waals surface area contributed by atoms with Gasteiger partial charge in [-0.15, -0.1) is 0 Å². The summed E-state index contributed by atoms with van der Waals surface area (Å²) in [6.07, 6.45) is -0.317. The van der Waals surface area contributed by atoms with Crippen molar-refractivity contribution in [1.29, 1.82) is 0 Å². The lowest BCUT2D eigenvalue weighted by Gasteiger charge is -2.24. The number of rotatable bonds is 1. The Kier molecular flexibility index (Phi) is 2.62. The Balaban J connectivity index is 2.00. The molecular formula is C15H12ClN5. The highest BCUT2D eigenvalue weighted by atomic mass is 35.5. The van der Waals surface area contributed by atoms with E-state index in [0.29, 0.717) is 16.9 Å². The Morgan fingerprint density at radius 3 is 2.71 bits per heavy atom. The zero-order chi connectivity index (χ0) is 14.4. The molecule has 0 amide bonds. The predicted molar refractivity (Wildman–Crippen MR) is 84.6 cm³/mol. The summed E-state index contributed by atoms with van der Waals surface area (Å²) in [5.41, 5.74) is 8.67. The van der Waals surface area contributed by atoms with E-state index in [9.17, 15) is 0 Å². The van der Waals surface area contributed by atoms with Crippen LogP contribution in [0.4, 0.5) is 5.95 Å². The van der Waals surface area contributed by atoms with Crippen molar-refractivity contribution in [3.8, 4) is 0 Å². The van der Waals surface area contributed by atoms with Crippen LogP contribution in [0.2, 0.25) is 5.02 Å². The van der Waals surface area contributed by atoms with E-state index >= 15 is 0 Å². The third kappa shape index (κ3) is 1.86. The largest absolute Gasteiger partial charge is 0.370 e. The highest BCUT2D eigenvalue weighted by Gasteiger charge is 2.26. The van der Waals surface area contributed by atoms with Crippen molar-refractivity contribution in [2.24, 2.45) is 10.7 Å². The minimum atomic E-state index is -0.317. The quantitative estimate of drug-likeness (QED) is 0.725. The number of guanidine groups is 1. The summed E-state index contributed by atoms with van der Waals surface area (Å²) in [7, 11) is 0. The molecule has 6 heteroatoms. The molecular weight excluding hydrogens is 286 g/mol. The van der Waals surface area contributed by atoms with Crippen LogP contribution in [-0.2, 0) is 0 Å². The molecule has 0 saturated heterocycles. The maximum atomic E-state index is 6.33. The molecule has 0 spiro atoms. The van der Waals surface area contributed by atoms with Crippen molar-refractivity contribution >= 4 is 34.5 Å². The zero-order valence-electron chi connectivity index (χ0n) is 11.0. The smallest absolute Gasteiger partial charge is 0.212 e. The predicted octanol–water partition coefficient (Wildman–Crippen LogP) is 2.98. The molecule has 0 aliphatic carbocycles. The second-order valence-corrected chi connectivity index (χ2v) is 5.24. The molecule has 21 heavy (non-hydrogen) atoms. The molecule has 0 unspecified atom stereocenters. The van der Waals surface area contributed by atoms with E-state index in [4.69, 9.17) is 17.3 Å². The molecule has 5 nitrogen and oxygen atoms in total. The van der Waals surface area contributed by atoms with Gasteiger partial charge in [-0.25, -0.2) is 9.98 Å². The van der Waals surface area contributed by atoms with E-state index in [1.54, 1.807) is 0 Å². The molecule has 2 heterocycles. The van der Waals surface area contributed by atoms with Gasteiger partial charge >= 0.3 is 0 Å². The van der Waals surface area contributed by atoms with Crippen molar-refractivity contribution in [3.63, 3.8) is 0 Å². The van der Waals surface area contributed by atoms with Gasteiger partial charge in [-0.2, -0.15) is 0 Å². The molecule has 104 valence electrons. The Labute approximate surface area is 126 Å². The first kappa shape index (κ1) is 12.2. The number of hydrogen-bond donors (Lipinski definition) is 2. The number of aromatic nitrogens is 2. The van der Waals surface area contributed by atoms with Crippen LogP contribution in [-0.4, -0.2) is 15.5 Å². The van der Waals surface area contributed by atoms with Crippen molar-refractivity contribution in [3.05, 3.63) is 59.1 Å². The van der Waals surface area contributed by atoms with Gasteiger partial charge in [0.15, 0.2) is 12.1 Å². The monoisotopic (exact) mass is 297 g/mol. The lowest BCUT2D eigenvalue weighted by molar-refractivity contribution is 0.626. The minimum absolute atomic E-state index is 0.317. The molecule has 1 aromatic heterocycles. The number of anilines is 1. The van der Waals surface area contributed by atoms with Crippen LogP contribution in [0.5, 0.6) is 0 Å². The van der Waals surface area contributed by atoms with Gasteiger partial charge in [0.1, 0.15) is 0 Å². The van der Waals surface area contributed by atoms with E-state index in [0.717, 1.165) is 16.6 Å². The number of aliphatic imine (C=N–C) groups is 1. The summed E-state index contributed by atoms with van der Waals surface area (Å²) in [5.74, 6) is 1.01. The number of nitrogens with zero attached hydrogens (tertiary/aromatic N) is 3. The summed E-state index contributed by atoms with van der Waals surface area (Å²) in [5, 5.41) is 3.66. The van der Waals surface area contributed by atoms with Crippen LogP contribution in [0, 0.1) is 0 Å². The van der Waals surface area contributed by atoms with Gasteiger partial charge in [0.05, 0.1) is 11.0 Å². The normalized spacial score (nSPS) is 17.2. The standard InChI is InChI=1S/C15H12ClN5/c16-10-6-2-1-5-9(10)13-19-14(17)20-15-18-11-7-3-4-8-12(11)21(13)15/h1-8,13H,(H3,17,18,19,20)/t13-/m0/s1. The number of para-hydroxylation sites is 2. The molecule has 1 aliphatic heterocycles. The number of nitrogens with one attached hydrogen (secondary N) is 1. The summed E-state index contributed by atoms with van der Waals surface area (Å²) < 4.78 is 2.01. The Morgan fingerprint density at radius 2 is 1.86 bits per heavy atom. The number of imidazole rings is 1. The number of halogens is 1. The summed E-state index contributed by atoms with van der Waals surface area (Å²) in [6.45, 7) is 0. The molecule has 3 aromatic rings. The average Bonchev–Trinajstić information content (AvgIpc) is 2.85. The van der Waals surface area contributed by atoms with E-state index in [1.807, 2.05) is 53.1 Å². The van der Waals surface area contributed by atoms with Crippen molar-refractivity contribution < 1.29 is 0 Å².